The van der Waals surface area contributed by atoms with Crippen LogP contribution in [0.5, 0.6) is 0 Å². The van der Waals surface area contributed by atoms with Crippen LogP contribution in [0.25, 0.3) is 10.8 Å². The van der Waals surface area contributed by atoms with E-state index in [4.69, 9.17) is 0 Å². The summed E-state index contributed by atoms with van der Waals surface area (Å²) in [5.74, 6) is 1.73. The van der Waals surface area contributed by atoms with Crippen molar-refractivity contribution in [2.45, 2.75) is 32.6 Å². The van der Waals surface area contributed by atoms with Crippen molar-refractivity contribution >= 4 is 10.8 Å². The van der Waals surface area contributed by atoms with Gasteiger partial charge in [-0.05, 0) is 60.5 Å². The lowest BCUT2D eigenvalue weighted by atomic mass is 9.88. The predicted octanol–water partition coefficient (Wildman–Crippen LogP) is 4.41. The second kappa shape index (κ2) is 6.41. The molecule has 2 unspecified atom stereocenters. The molecule has 3 rings (SSSR count). The van der Waals surface area contributed by atoms with E-state index in [0.717, 1.165) is 18.4 Å². The van der Waals surface area contributed by atoms with Gasteiger partial charge in [0.2, 0.25) is 0 Å². The number of hydrogen-bond acceptors (Lipinski definition) is 1. The molecule has 2 aromatic carbocycles. The lowest BCUT2D eigenvalue weighted by Gasteiger charge is -2.20. The first-order chi connectivity index (χ1) is 9.88. The molecule has 1 heteroatoms. The maximum absolute atomic E-state index is 3.54. The monoisotopic (exact) mass is 267 g/mol. The number of fused-ring (bicyclic) bond motifs is 1. The van der Waals surface area contributed by atoms with E-state index < -0.39 is 0 Å². The smallest absolute Gasteiger partial charge is 0.00179 e. The summed E-state index contributed by atoms with van der Waals surface area (Å²) in [5, 5.41) is 6.37. The van der Waals surface area contributed by atoms with E-state index >= 15 is 0 Å². The quantitative estimate of drug-likeness (QED) is 0.846. The largest absolute Gasteiger partial charge is 0.317 e. The molecule has 1 aliphatic rings. The van der Waals surface area contributed by atoms with Gasteiger partial charge < -0.3 is 5.32 Å². The third kappa shape index (κ3) is 2.88. The molecule has 106 valence electrons. The first-order valence-corrected chi connectivity index (χ1v) is 8.06. The van der Waals surface area contributed by atoms with Gasteiger partial charge in [-0.2, -0.15) is 0 Å². The highest BCUT2D eigenvalue weighted by atomic mass is 14.8. The van der Waals surface area contributed by atoms with Crippen molar-refractivity contribution in [2.24, 2.45) is 11.8 Å². The summed E-state index contributed by atoms with van der Waals surface area (Å²) in [6.07, 6.45) is 5.46. The minimum absolute atomic E-state index is 0.861. The zero-order valence-corrected chi connectivity index (χ0v) is 12.4. The van der Waals surface area contributed by atoms with E-state index in [9.17, 15) is 0 Å². The molecular weight excluding hydrogens is 242 g/mol. The van der Waals surface area contributed by atoms with Gasteiger partial charge in [-0.15, -0.1) is 0 Å². The van der Waals surface area contributed by atoms with Crippen molar-refractivity contribution in [3.63, 3.8) is 0 Å². The van der Waals surface area contributed by atoms with Crippen molar-refractivity contribution in [1.29, 1.82) is 0 Å². The summed E-state index contributed by atoms with van der Waals surface area (Å²) in [5.41, 5.74) is 1.54. The van der Waals surface area contributed by atoms with Crippen LogP contribution in [-0.4, -0.2) is 13.1 Å². The Hall–Kier alpha value is -1.34. The van der Waals surface area contributed by atoms with Crippen molar-refractivity contribution < 1.29 is 0 Å². The average molecular weight is 267 g/mol. The lowest BCUT2D eigenvalue weighted by molar-refractivity contribution is 0.369. The summed E-state index contributed by atoms with van der Waals surface area (Å²) in [7, 11) is 0. The number of benzene rings is 2. The number of hydrogen-bond donors (Lipinski definition) is 1. The van der Waals surface area contributed by atoms with E-state index in [1.54, 1.807) is 0 Å². The normalized spacial score (nSPS) is 22.4. The molecule has 0 aromatic heterocycles. The highest BCUT2D eigenvalue weighted by Crippen LogP contribution is 2.35. The Morgan fingerprint density at radius 3 is 2.70 bits per heavy atom. The molecule has 0 amide bonds. The summed E-state index contributed by atoms with van der Waals surface area (Å²) in [6, 6.07) is 15.6. The number of nitrogens with one attached hydrogen (secondary N) is 1. The average Bonchev–Trinajstić information content (AvgIpc) is 2.93. The van der Waals surface area contributed by atoms with Crippen LogP contribution in [0.1, 0.15) is 31.7 Å². The topological polar surface area (TPSA) is 12.0 Å². The second-order valence-corrected chi connectivity index (χ2v) is 6.10. The van der Waals surface area contributed by atoms with Gasteiger partial charge in [0.1, 0.15) is 0 Å². The summed E-state index contributed by atoms with van der Waals surface area (Å²) >= 11 is 0. The molecule has 1 aliphatic carbocycles. The fourth-order valence-electron chi connectivity index (χ4n) is 3.73. The van der Waals surface area contributed by atoms with Gasteiger partial charge in [0.15, 0.2) is 0 Å². The van der Waals surface area contributed by atoms with E-state index in [0.29, 0.717) is 0 Å². The van der Waals surface area contributed by atoms with Gasteiger partial charge >= 0.3 is 0 Å². The SMILES string of the molecule is CCNCC1CCCC1Cc1cccc2ccccc12. The molecule has 0 radical (unpaired) electrons. The lowest BCUT2D eigenvalue weighted by Crippen LogP contribution is -2.26. The van der Waals surface area contributed by atoms with Gasteiger partial charge in [0.25, 0.3) is 0 Å². The van der Waals surface area contributed by atoms with Gasteiger partial charge in [-0.1, -0.05) is 55.8 Å². The van der Waals surface area contributed by atoms with Crippen LogP contribution in [0, 0.1) is 11.8 Å². The van der Waals surface area contributed by atoms with Crippen LogP contribution >= 0.6 is 0 Å². The standard InChI is InChI=1S/C19H25N/c1-2-20-14-18-11-6-9-16(18)13-17-10-5-8-15-7-3-4-12-19(15)17/h3-5,7-8,10,12,16,18,20H,2,6,9,11,13-14H2,1H3. The van der Waals surface area contributed by atoms with Crippen molar-refractivity contribution in [2.75, 3.05) is 13.1 Å². The minimum atomic E-state index is 0.861. The Morgan fingerprint density at radius 2 is 1.80 bits per heavy atom. The molecule has 2 atom stereocenters. The molecule has 0 heterocycles. The molecule has 2 aromatic rings. The Balaban J connectivity index is 1.78. The Labute approximate surface area is 122 Å². The molecule has 0 saturated heterocycles. The molecular formula is C19H25N. The van der Waals surface area contributed by atoms with E-state index in [-0.39, 0.29) is 0 Å². The molecule has 20 heavy (non-hydrogen) atoms. The Bertz CT molecular complexity index is 555. The maximum Gasteiger partial charge on any atom is -0.00179 e. The van der Waals surface area contributed by atoms with Gasteiger partial charge in [0.05, 0.1) is 0 Å². The Kier molecular flexibility index (Phi) is 4.37. The summed E-state index contributed by atoms with van der Waals surface area (Å²) in [4.78, 5) is 0. The third-order valence-corrected chi connectivity index (χ3v) is 4.84. The zero-order chi connectivity index (χ0) is 13.8. The van der Waals surface area contributed by atoms with Gasteiger partial charge in [0, 0.05) is 0 Å². The third-order valence-electron chi connectivity index (χ3n) is 4.84. The molecule has 0 spiro atoms. The van der Waals surface area contributed by atoms with Crippen molar-refractivity contribution in [3.05, 3.63) is 48.0 Å². The summed E-state index contributed by atoms with van der Waals surface area (Å²) < 4.78 is 0. The Morgan fingerprint density at radius 1 is 1.00 bits per heavy atom. The molecule has 1 nitrogen and oxygen atoms in total. The molecule has 1 saturated carbocycles. The molecule has 1 fully saturated rings. The number of rotatable bonds is 5. The van der Waals surface area contributed by atoms with Crippen molar-refractivity contribution in [3.8, 4) is 0 Å². The van der Waals surface area contributed by atoms with Crippen LogP contribution in [0.4, 0.5) is 0 Å². The zero-order valence-electron chi connectivity index (χ0n) is 12.4. The van der Waals surface area contributed by atoms with E-state index in [1.165, 1.54) is 48.6 Å². The van der Waals surface area contributed by atoms with Crippen LogP contribution in [-0.2, 0) is 6.42 Å². The van der Waals surface area contributed by atoms with Gasteiger partial charge in [-0.25, -0.2) is 0 Å². The molecule has 0 aliphatic heterocycles. The van der Waals surface area contributed by atoms with E-state index in [1.807, 2.05) is 0 Å². The fourth-order valence-corrected chi connectivity index (χ4v) is 3.73. The second-order valence-electron chi connectivity index (χ2n) is 6.10. The van der Waals surface area contributed by atoms with Gasteiger partial charge in [-0.3, -0.25) is 0 Å². The minimum Gasteiger partial charge on any atom is -0.317 e. The highest BCUT2D eigenvalue weighted by Gasteiger charge is 2.27. The highest BCUT2D eigenvalue weighted by molar-refractivity contribution is 5.85. The van der Waals surface area contributed by atoms with Crippen LogP contribution in [0.3, 0.4) is 0 Å². The predicted molar refractivity (Wildman–Crippen MR) is 87.0 cm³/mol. The maximum atomic E-state index is 3.54. The molecule has 0 bridgehead atoms. The van der Waals surface area contributed by atoms with Crippen molar-refractivity contribution in [1.82, 2.24) is 5.32 Å². The summed E-state index contributed by atoms with van der Waals surface area (Å²) in [6.45, 7) is 4.50. The fraction of sp³-hybridized carbons (Fsp3) is 0.474. The molecule has 1 N–H and O–H groups in total. The first-order valence-electron chi connectivity index (χ1n) is 8.06. The van der Waals surface area contributed by atoms with Crippen LogP contribution in [0.2, 0.25) is 0 Å². The van der Waals surface area contributed by atoms with Crippen LogP contribution < -0.4 is 5.32 Å². The van der Waals surface area contributed by atoms with E-state index in [2.05, 4.69) is 54.7 Å². The van der Waals surface area contributed by atoms with Crippen LogP contribution in [0.15, 0.2) is 42.5 Å². The first kappa shape index (κ1) is 13.6.